The molecule has 0 bridgehead atoms. The number of rotatable bonds is 2. The predicted molar refractivity (Wildman–Crippen MR) is 71.8 cm³/mol. The Kier molecular flexibility index (Phi) is 4.03. The van der Waals surface area contributed by atoms with Crippen molar-refractivity contribution in [2.24, 2.45) is 0 Å². The first-order valence-electron chi connectivity index (χ1n) is 4.79. The molecule has 2 heterocycles. The maximum atomic E-state index is 12.8. The van der Waals surface area contributed by atoms with Crippen molar-refractivity contribution in [1.29, 1.82) is 0 Å². The number of hydrogen-bond acceptors (Lipinski definition) is 3. The normalized spacial score (nSPS) is 10.2. The van der Waals surface area contributed by atoms with E-state index in [9.17, 15) is 9.18 Å². The van der Waals surface area contributed by atoms with Gasteiger partial charge in [-0.05, 0) is 44.0 Å². The second-order valence-electron chi connectivity index (χ2n) is 3.33. The number of nitrogens with zero attached hydrogens (tertiary/aromatic N) is 2. The van der Waals surface area contributed by atoms with Crippen LogP contribution in [-0.2, 0) is 0 Å². The van der Waals surface area contributed by atoms with Crippen LogP contribution in [0, 0.1) is 5.82 Å². The van der Waals surface area contributed by atoms with Crippen molar-refractivity contribution >= 4 is 43.6 Å². The van der Waals surface area contributed by atoms with E-state index in [1.165, 1.54) is 12.3 Å². The number of nitrogens with one attached hydrogen (secondary N) is 1. The summed E-state index contributed by atoms with van der Waals surface area (Å²) in [6.45, 7) is 0. The molecule has 0 saturated carbocycles. The van der Waals surface area contributed by atoms with Gasteiger partial charge < -0.3 is 5.32 Å². The number of amides is 1. The molecule has 0 aliphatic rings. The Bertz CT molecular complexity index is 607. The maximum absolute atomic E-state index is 12.8. The number of halogens is 3. The SMILES string of the molecule is O=C(Nc1ncc(F)cc1Br)c1cncc(Br)c1. The molecule has 0 unspecified atom stereocenters. The van der Waals surface area contributed by atoms with Crippen LogP contribution in [0.1, 0.15) is 10.4 Å². The third-order valence-corrected chi connectivity index (χ3v) is 3.04. The smallest absolute Gasteiger partial charge is 0.258 e. The predicted octanol–water partition coefficient (Wildman–Crippen LogP) is 3.39. The van der Waals surface area contributed by atoms with Crippen LogP contribution in [0.25, 0.3) is 0 Å². The first kappa shape index (κ1) is 13.1. The van der Waals surface area contributed by atoms with Crippen LogP contribution in [0.2, 0.25) is 0 Å². The van der Waals surface area contributed by atoms with Crippen LogP contribution >= 0.6 is 31.9 Å². The summed E-state index contributed by atoms with van der Waals surface area (Å²) in [7, 11) is 0. The van der Waals surface area contributed by atoms with Gasteiger partial charge in [0.05, 0.1) is 16.2 Å². The number of anilines is 1. The van der Waals surface area contributed by atoms with Gasteiger partial charge in [0.25, 0.3) is 5.91 Å². The molecule has 0 aliphatic heterocycles. The van der Waals surface area contributed by atoms with Gasteiger partial charge in [-0.15, -0.1) is 0 Å². The molecule has 0 aliphatic carbocycles. The second kappa shape index (κ2) is 5.53. The number of hydrogen-bond donors (Lipinski definition) is 1. The van der Waals surface area contributed by atoms with Crippen LogP contribution in [-0.4, -0.2) is 15.9 Å². The van der Waals surface area contributed by atoms with Gasteiger partial charge in [-0.2, -0.15) is 0 Å². The lowest BCUT2D eigenvalue weighted by molar-refractivity contribution is 0.102. The van der Waals surface area contributed by atoms with Crippen molar-refractivity contribution in [3.8, 4) is 0 Å². The van der Waals surface area contributed by atoms with Crippen molar-refractivity contribution in [3.05, 3.63) is 51.0 Å². The molecule has 1 amide bonds. The lowest BCUT2D eigenvalue weighted by atomic mass is 10.2. The molecule has 2 aromatic heterocycles. The zero-order chi connectivity index (χ0) is 13.1. The summed E-state index contributed by atoms with van der Waals surface area (Å²) < 4.78 is 13.9. The lowest BCUT2D eigenvalue weighted by Gasteiger charge is -2.06. The maximum Gasteiger partial charge on any atom is 0.258 e. The molecule has 0 atom stereocenters. The quantitative estimate of drug-likeness (QED) is 0.876. The minimum Gasteiger partial charge on any atom is -0.306 e. The van der Waals surface area contributed by atoms with Crippen molar-refractivity contribution in [1.82, 2.24) is 9.97 Å². The molecular formula is C11H6Br2FN3O. The van der Waals surface area contributed by atoms with E-state index >= 15 is 0 Å². The topological polar surface area (TPSA) is 54.9 Å². The van der Waals surface area contributed by atoms with E-state index in [-0.39, 0.29) is 11.7 Å². The van der Waals surface area contributed by atoms with E-state index in [1.807, 2.05) is 0 Å². The van der Waals surface area contributed by atoms with E-state index in [0.717, 1.165) is 6.20 Å². The Hall–Kier alpha value is -1.34. The van der Waals surface area contributed by atoms with Crippen LogP contribution in [0.15, 0.2) is 39.7 Å². The zero-order valence-electron chi connectivity index (χ0n) is 8.82. The van der Waals surface area contributed by atoms with Crippen molar-refractivity contribution < 1.29 is 9.18 Å². The van der Waals surface area contributed by atoms with Crippen LogP contribution < -0.4 is 5.32 Å². The van der Waals surface area contributed by atoms with Gasteiger partial charge in [0.2, 0.25) is 0 Å². The third-order valence-electron chi connectivity index (χ3n) is 2.01. The Balaban J connectivity index is 2.21. The van der Waals surface area contributed by atoms with E-state index in [4.69, 9.17) is 0 Å². The number of carbonyl (C=O) groups excluding carboxylic acids is 1. The molecule has 4 nitrogen and oxygen atoms in total. The Labute approximate surface area is 119 Å². The second-order valence-corrected chi connectivity index (χ2v) is 5.10. The van der Waals surface area contributed by atoms with Crippen molar-refractivity contribution in [2.45, 2.75) is 0 Å². The highest BCUT2D eigenvalue weighted by Crippen LogP contribution is 2.21. The fourth-order valence-electron chi connectivity index (χ4n) is 1.22. The average Bonchev–Trinajstić information content (AvgIpc) is 2.32. The number of pyridine rings is 2. The van der Waals surface area contributed by atoms with Gasteiger partial charge >= 0.3 is 0 Å². The van der Waals surface area contributed by atoms with Gasteiger partial charge in [0.1, 0.15) is 11.6 Å². The highest BCUT2D eigenvalue weighted by atomic mass is 79.9. The minimum absolute atomic E-state index is 0.251. The summed E-state index contributed by atoms with van der Waals surface area (Å²) in [5.74, 6) is -0.603. The summed E-state index contributed by atoms with van der Waals surface area (Å²) >= 11 is 6.34. The zero-order valence-corrected chi connectivity index (χ0v) is 12.0. The highest BCUT2D eigenvalue weighted by molar-refractivity contribution is 9.10. The fourth-order valence-corrected chi connectivity index (χ4v) is 2.01. The Morgan fingerprint density at radius 1 is 1.22 bits per heavy atom. The molecule has 1 N–H and O–H groups in total. The first-order chi connectivity index (χ1) is 8.56. The van der Waals surface area contributed by atoms with E-state index < -0.39 is 5.82 Å². The fraction of sp³-hybridized carbons (Fsp3) is 0. The van der Waals surface area contributed by atoms with E-state index in [1.54, 1.807) is 12.3 Å². The minimum atomic E-state index is -0.482. The van der Waals surface area contributed by atoms with Gasteiger partial charge in [0.15, 0.2) is 0 Å². The van der Waals surface area contributed by atoms with E-state index in [0.29, 0.717) is 14.5 Å². The molecule has 2 aromatic rings. The first-order valence-corrected chi connectivity index (χ1v) is 6.38. The van der Waals surface area contributed by atoms with E-state index in [2.05, 4.69) is 47.1 Å². The summed E-state index contributed by atoms with van der Waals surface area (Å²) in [5, 5.41) is 2.56. The average molecular weight is 375 g/mol. The number of carbonyl (C=O) groups is 1. The van der Waals surface area contributed by atoms with Gasteiger partial charge in [-0.25, -0.2) is 9.37 Å². The molecule has 0 fully saturated rings. The summed E-state index contributed by atoms with van der Waals surface area (Å²) in [4.78, 5) is 19.5. The standard InChI is InChI=1S/C11H6Br2FN3O/c12-7-1-6(3-15-4-7)11(18)17-10-9(13)2-8(14)5-16-10/h1-5H,(H,16,17,18). The summed E-state index contributed by atoms with van der Waals surface area (Å²) in [5.41, 5.74) is 0.377. The molecule has 2 rings (SSSR count). The summed E-state index contributed by atoms with van der Waals surface area (Å²) in [6, 6.07) is 2.85. The molecule has 0 aromatic carbocycles. The van der Waals surface area contributed by atoms with Crippen molar-refractivity contribution in [2.75, 3.05) is 5.32 Å². The molecule has 7 heteroatoms. The molecule has 0 saturated heterocycles. The van der Waals surface area contributed by atoms with Crippen LogP contribution in [0.4, 0.5) is 10.2 Å². The molecule has 92 valence electrons. The third kappa shape index (κ3) is 3.11. The monoisotopic (exact) mass is 373 g/mol. The highest BCUT2D eigenvalue weighted by Gasteiger charge is 2.10. The van der Waals surface area contributed by atoms with Gasteiger partial charge in [0, 0.05) is 16.9 Å². The van der Waals surface area contributed by atoms with Crippen LogP contribution in [0.5, 0.6) is 0 Å². The van der Waals surface area contributed by atoms with Gasteiger partial charge in [-0.3, -0.25) is 9.78 Å². The Morgan fingerprint density at radius 2 is 2.00 bits per heavy atom. The molecule has 0 spiro atoms. The Morgan fingerprint density at radius 3 is 2.67 bits per heavy atom. The molecule has 18 heavy (non-hydrogen) atoms. The number of aromatic nitrogens is 2. The van der Waals surface area contributed by atoms with Crippen molar-refractivity contribution in [3.63, 3.8) is 0 Å². The summed E-state index contributed by atoms with van der Waals surface area (Å²) in [6.07, 6.45) is 4.03. The molecular weight excluding hydrogens is 369 g/mol. The lowest BCUT2D eigenvalue weighted by Crippen LogP contribution is -2.13. The largest absolute Gasteiger partial charge is 0.306 e. The van der Waals surface area contributed by atoms with Crippen LogP contribution in [0.3, 0.4) is 0 Å². The van der Waals surface area contributed by atoms with Gasteiger partial charge in [-0.1, -0.05) is 0 Å². The molecule has 0 radical (unpaired) electrons.